The van der Waals surface area contributed by atoms with Gasteiger partial charge in [0.2, 0.25) is 5.91 Å². The van der Waals surface area contributed by atoms with Gasteiger partial charge >= 0.3 is 5.97 Å². The lowest BCUT2D eigenvalue weighted by Gasteiger charge is -2.12. The van der Waals surface area contributed by atoms with Crippen molar-refractivity contribution < 1.29 is 24.2 Å². The van der Waals surface area contributed by atoms with Crippen LogP contribution in [-0.4, -0.2) is 48.8 Å². The summed E-state index contributed by atoms with van der Waals surface area (Å²) in [5.41, 5.74) is 0.667. The molecule has 0 spiro atoms. The number of nitrogens with one attached hydrogen (secondary N) is 1. The number of carbonyl (C=O) groups excluding carboxylic acids is 1. The SMILES string of the molecule is CCSCCC(NC(=O)/C=C/c1cc(OC)ccc1OC)C(=O)O. The molecule has 0 aliphatic rings. The van der Waals surface area contributed by atoms with Crippen molar-refractivity contribution in [2.24, 2.45) is 0 Å². The second kappa shape index (κ2) is 10.6. The largest absolute Gasteiger partial charge is 0.497 e. The number of methoxy groups -OCH3 is 2. The molecule has 0 aliphatic heterocycles. The minimum atomic E-state index is -1.03. The van der Waals surface area contributed by atoms with Crippen molar-refractivity contribution in [1.82, 2.24) is 5.32 Å². The molecule has 1 amide bonds. The third-order valence-electron chi connectivity index (χ3n) is 3.22. The molecule has 1 aromatic rings. The van der Waals surface area contributed by atoms with Crippen molar-refractivity contribution in [3.05, 3.63) is 29.8 Å². The van der Waals surface area contributed by atoms with Gasteiger partial charge in [-0.3, -0.25) is 4.79 Å². The molecule has 24 heavy (non-hydrogen) atoms. The van der Waals surface area contributed by atoms with Crippen LogP contribution in [0.1, 0.15) is 18.9 Å². The fourth-order valence-corrected chi connectivity index (χ4v) is 2.65. The van der Waals surface area contributed by atoms with E-state index in [0.29, 0.717) is 29.2 Å². The Labute approximate surface area is 146 Å². The molecule has 1 rings (SSSR count). The molecule has 2 N–H and O–H groups in total. The molecule has 0 saturated heterocycles. The first-order valence-electron chi connectivity index (χ1n) is 7.53. The highest BCUT2D eigenvalue weighted by atomic mass is 32.2. The number of ether oxygens (including phenoxy) is 2. The molecule has 1 atom stereocenters. The van der Waals surface area contributed by atoms with E-state index < -0.39 is 17.9 Å². The van der Waals surface area contributed by atoms with Crippen molar-refractivity contribution in [3.63, 3.8) is 0 Å². The third-order valence-corrected chi connectivity index (χ3v) is 4.15. The zero-order valence-corrected chi connectivity index (χ0v) is 14.9. The van der Waals surface area contributed by atoms with Gasteiger partial charge in [-0.05, 0) is 42.2 Å². The Morgan fingerprint density at radius 3 is 2.67 bits per heavy atom. The van der Waals surface area contributed by atoms with Crippen molar-refractivity contribution in [1.29, 1.82) is 0 Å². The highest BCUT2D eigenvalue weighted by Crippen LogP contribution is 2.25. The molecule has 6 nitrogen and oxygen atoms in total. The van der Waals surface area contributed by atoms with E-state index in [1.54, 1.807) is 43.1 Å². The lowest BCUT2D eigenvalue weighted by molar-refractivity contribution is -0.141. The molecule has 0 bridgehead atoms. The standard InChI is InChI=1S/C17H23NO5S/c1-4-24-10-9-14(17(20)21)18-16(19)8-5-12-11-13(22-2)6-7-15(12)23-3/h5-8,11,14H,4,9-10H2,1-3H3,(H,18,19)(H,20,21)/b8-5+. The van der Waals surface area contributed by atoms with Crippen molar-refractivity contribution in [2.75, 3.05) is 25.7 Å². The number of hydrogen-bond donors (Lipinski definition) is 2. The average molecular weight is 353 g/mol. The van der Waals surface area contributed by atoms with Gasteiger partial charge in [-0.15, -0.1) is 0 Å². The van der Waals surface area contributed by atoms with Gasteiger partial charge in [0.1, 0.15) is 17.5 Å². The minimum Gasteiger partial charge on any atom is -0.497 e. The number of aliphatic carboxylic acids is 1. The van der Waals surface area contributed by atoms with Gasteiger partial charge in [0.05, 0.1) is 14.2 Å². The molecule has 7 heteroatoms. The normalized spacial score (nSPS) is 12.0. The predicted molar refractivity (Wildman–Crippen MR) is 95.8 cm³/mol. The topological polar surface area (TPSA) is 84.9 Å². The third kappa shape index (κ3) is 6.54. The van der Waals surface area contributed by atoms with Crippen LogP contribution >= 0.6 is 11.8 Å². The van der Waals surface area contributed by atoms with Crippen molar-refractivity contribution in [2.45, 2.75) is 19.4 Å². The first kappa shape index (κ1) is 19.9. The number of amides is 1. The number of benzene rings is 1. The molecule has 132 valence electrons. The van der Waals surface area contributed by atoms with E-state index in [2.05, 4.69) is 5.32 Å². The van der Waals surface area contributed by atoms with Crippen molar-refractivity contribution >= 4 is 29.7 Å². The van der Waals surface area contributed by atoms with Crippen LogP contribution < -0.4 is 14.8 Å². The summed E-state index contributed by atoms with van der Waals surface area (Å²) in [5, 5.41) is 11.7. The van der Waals surface area contributed by atoms with Crippen LogP contribution in [0.25, 0.3) is 6.08 Å². The Hall–Kier alpha value is -2.15. The second-order valence-corrected chi connectivity index (χ2v) is 6.22. The average Bonchev–Trinajstić information content (AvgIpc) is 2.58. The van der Waals surface area contributed by atoms with Crippen LogP contribution in [0.3, 0.4) is 0 Å². The molecule has 0 radical (unpaired) electrons. The van der Waals surface area contributed by atoms with Gasteiger partial charge in [0, 0.05) is 11.6 Å². The van der Waals surface area contributed by atoms with Gasteiger partial charge in [0.25, 0.3) is 0 Å². The Bertz CT molecular complexity index is 588. The van der Waals surface area contributed by atoms with Crippen LogP contribution in [-0.2, 0) is 9.59 Å². The first-order valence-corrected chi connectivity index (χ1v) is 8.68. The second-order valence-electron chi connectivity index (χ2n) is 4.83. The summed E-state index contributed by atoms with van der Waals surface area (Å²) in [4.78, 5) is 23.2. The van der Waals surface area contributed by atoms with Crippen LogP contribution in [0, 0.1) is 0 Å². The van der Waals surface area contributed by atoms with Gasteiger partial charge in [0.15, 0.2) is 0 Å². The minimum absolute atomic E-state index is 0.385. The monoisotopic (exact) mass is 353 g/mol. The molecular formula is C17H23NO5S. The number of carboxylic acid groups (broad SMARTS) is 1. The lowest BCUT2D eigenvalue weighted by Crippen LogP contribution is -2.40. The summed E-state index contributed by atoms with van der Waals surface area (Å²) >= 11 is 1.64. The molecule has 0 saturated carbocycles. The molecular weight excluding hydrogens is 330 g/mol. The van der Waals surface area contributed by atoms with Gasteiger partial charge < -0.3 is 19.9 Å². The summed E-state index contributed by atoms with van der Waals surface area (Å²) < 4.78 is 10.4. The van der Waals surface area contributed by atoms with E-state index in [9.17, 15) is 14.7 Å². The van der Waals surface area contributed by atoms with Gasteiger partial charge in [-0.1, -0.05) is 6.92 Å². The van der Waals surface area contributed by atoms with Gasteiger partial charge in [-0.2, -0.15) is 11.8 Å². The summed E-state index contributed by atoms with van der Waals surface area (Å²) in [5.74, 6) is 1.32. The molecule has 0 aromatic heterocycles. The number of rotatable bonds is 10. The first-order chi connectivity index (χ1) is 11.5. The summed E-state index contributed by atoms with van der Waals surface area (Å²) in [6, 6.07) is 4.32. The highest BCUT2D eigenvalue weighted by Gasteiger charge is 2.18. The zero-order valence-electron chi connectivity index (χ0n) is 14.1. The molecule has 1 unspecified atom stereocenters. The maximum Gasteiger partial charge on any atom is 0.326 e. The smallest absolute Gasteiger partial charge is 0.326 e. The number of hydrogen-bond acceptors (Lipinski definition) is 5. The Kier molecular flexibility index (Phi) is 8.78. The van der Waals surface area contributed by atoms with Crippen LogP contribution in [0.2, 0.25) is 0 Å². The van der Waals surface area contributed by atoms with E-state index in [0.717, 1.165) is 5.75 Å². The predicted octanol–water partition coefficient (Wildman–Crippen LogP) is 2.43. The lowest BCUT2D eigenvalue weighted by atomic mass is 10.1. The quantitative estimate of drug-likeness (QED) is 0.496. The molecule has 0 fully saturated rings. The highest BCUT2D eigenvalue weighted by molar-refractivity contribution is 7.99. The Morgan fingerprint density at radius 2 is 2.08 bits per heavy atom. The van der Waals surface area contributed by atoms with Crippen LogP contribution in [0.15, 0.2) is 24.3 Å². The van der Waals surface area contributed by atoms with Crippen LogP contribution in [0.4, 0.5) is 0 Å². The number of carbonyl (C=O) groups is 2. The maximum absolute atomic E-state index is 12.0. The van der Waals surface area contributed by atoms with Gasteiger partial charge in [-0.25, -0.2) is 4.79 Å². The van der Waals surface area contributed by atoms with E-state index >= 15 is 0 Å². The Balaban J connectivity index is 2.74. The van der Waals surface area contributed by atoms with E-state index in [1.807, 2.05) is 6.92 Å². The van der Waals surface area contributed by atoms with E-state index in [-0.39, 0.29) is 0 Å². The summed E-state index contributed by atoms with van der Waals surface area (Å²) in [6.07, 6.45) is 3.24. The number of thioether (sulfide) groups is 1. The fraction of sp³-hybridized carbons (Fsp3) is 0.412. The molecule has 0 heterocycles. The molecule has 1 aromatic carbocycles. The fourth-order valence-electron chi connectivity index (χ4n) is 1.96. The van der Waals surface area contributed by atoms with E-state index in [1.165, 1.54) is 13.2 Å². The number of carboxylic acids is 1. The maximum atomic E-state index is 12.0. The van der Waals surface area contributed by atoms with Crippen molar-refractivity contribution in [3.8, 4) is 11.5 Å². The van der Waals surface area contributed by atoms with Crippen LogP contribution in [0.5, 0.6) is 11.5 Å². The Morgan fingerprint density at radius 1 is 1.33 bits per heavy atom. The summed E-state index contributed by atoms with van der Waals surface area (Å²) in [6.45, 7) is 2.00. The molecule has 0 aliphatic carbocycles. The zero-order chi connectivity index (χ0) is 17.9. The van der Waals surface area contributed by atoms with E-state index in [4.69, 9.17) is 9.47 Å². The summed E-state index contributed by atoms with van der Waals surface area (Å²) in [7, 11) is 3.08.